The van der Waals surface area contributed by atoms with Gasteiger partial charge in [0, 0.05) is 30.4 Å². The van der Waals surface area contributed by atoms with Crippen LogP contribution in [0.1, 0.15) is 26.2 Å². The van der Waals surface area contributed by atoms with Crippen LogP contribution < -0.4 is 10.1 Å². The fourth-order valence-corrected chi connectivity index (χ4v) is 6.68. The van der Waals surface area contributed by atoms with Gasteiger partial charge in [-0.3, -0.25) is 14.6 Å². The van der Waals surface area contributed by atoms with Crippen LogP contribution in [0.25, 0.3) is 10.9 Å². The molecule has 0 saturated carbocycles. The standard InChI is InChI=1S/C26H27N5O6S/c1-2-6-20(29-26(34)37-23-11-10-17-7-3-4-9-19(17)28-23)25(33)30-14-12-21-24(30)22(32)16-31(21)38(35,36)18-8-5-13-27-15-18/h3-5,7-11,13,15,20-21,24H,2,6,12,14,16H2,1H3,(H,29,34). The first kappa shape index (κ1) is 25.7. The van der Waals surface area contributed by atoms with E-state index in [2.05, 4.69) is 15.3 Å². The van der Waals surface area contributed by atoms with E-state index in [1.165, 1.54) is 29.4 Å². The second-order valence-corrected chi connectivity index (χ2v) is 11.1. The number of likely N-dealkylation sites (tertiary alicyclic amines) is 1. The first-order valence-electron chi connectivity index (χ1n) is 12.4. The molecule has 5 rings (SSSR count). The molecule has 3 aromatic rings. The van der Waals surface area contributed by atoms with E-state index in [1.54, 1.807) is 18.2 Å². The van der Waals surface area contributed by atoms with E-state index in [4.69, 9.17) is 4.74 Å². The Hall–Kier alpha value is -3.90. The van der Waals surface area contributed by atoms with E-state index < -0.39 is 40.1 Å². The van der Waals surface area contributed by atoms with Crippen molar-refractivity contribution in [1.29, 1.82) is 0 Å². The average Bonchev–Trinajstić information content (AvgIpc) is 3.50. The summed E-state index contributed by atoms with van der Waals surface area (Å²) in [6.07, 6.45) is 3.08. The van der Waals surface area contributed by atoms with Gasteiger partial charge in [-0.15, -0.1) is 0 Å². The predicted molar refractivity (Wildman–Crippen MR) is 137 cm³/mol. The van der Waals surface area contributed by atoms with E-state index in [0.717, 1.165) is 9.69 Å². The van der Waals surface area contributed by atoms with E-state index in [9.17, 15) is 22.8 Å². The molecule has 2 amide bonds. The molecule has 1 aromatic carbocycles. The van der Waals surface area contributed by atoms with Crippen LogP contribution in [-0.2, 0) is 19.6 Å². The van der Waals surface area contributed by atoms with Gasteiger partial charge in [-0.2, -0.15) is 4.31 Å². The van der Waals surface area contributed by atoms with E-state index >= 15 is 0 Å². The van der Waals surface area contributed by atoms with Gasteiger partial charge in [-0.1, -0.05) is 31.5 Å². The van der Waals surface area contributed by atoms with Gasteiger partial charge >= 0.3 is 6.09 Å². The van der Waals surface area contributed by atoms with Gasteiger partial charge in [0.1, 0.15) is 17.0 Å². The summed E-state index contributed by atoms with van der Waals surface area (Å²) in [4.78, 5) is 48.7. The average molecular weight is 538 g/mol. The number of pyridine rings is 2. The zero-order chi connectivity index (χ0) is 26.9. The Morgan fingerprint density at radius 3 is 2.74 bits per heavy atom. The normalized spacial score (nSPS) is 20.3. The molecule has 0 radical (unpaired) electrons. The van der Waals surface area contributed by atoms with E-state index in [0.29, 0.717) is 24.8 Å². The van der Waals surface area contributed by atoms with Gasteiger partial charge in [0.15, 0.2) is 5.78 Å². The number of benzene rings is 1. The van der Waals surface area contributed by atoms with Crippen LogP contribution in [0.5, 0.6) is 5.88 Å². The first-order chi connectivity index (χ1) is 18.3. The van der Waals surface area contributed by atoms with Crippen molar-refractivity contribution in [2.75, 3.05) is 13.1 Å². The SMILES string of the molecule is CCCC(NC(=O)Oc1ccc2ccccc2n1)C(=O)N1CCC2C1C(=O)CN2S(=O)(=O)c1cccnc1. The molecule has 0 bridgehead atoms. The summed E-state index contributed by atoms with van der Waals surface area (Å²) in [5, 5.41) is 3.50. The zero-order valence-corrected chi connectivity index (χ0v) is 21.5. The number of carbonyl (C=O) groups excluding carboxylic acids is 3. The highest BCUT2D eigenvalue weighted by atomic mass is 32.2. The van der Waals surface area contributed by atoms with Gasteiger partial charge in [-0.05, 0) is 37.1 Å². The predicted octanol–water partition coefficient (Wildman–Crippen LogP) is 2.13. The van der Waals surface area contributed by atoms with Gasteiger partial charge in [0.05, 0.1) is 18.1 Å². The number of rotatable bonds is 7. The molecule has 0 aliphatic carbocycles. The summed E-state index contributed by atoms with van der Waals surface area (Å²) in [7, 11) is -3.96. The molecule has 2 aliphatic heterocycles. The Balaban J connectivity index is 1.29. The second kappa shape index (κ2) is 10.5. The highest BCUT2D eigenvalue weighted by molar-refractivity contribution is 7.89. The lowest BCUT2D eigenvalue weighted by molar-refractivity contribution is -0.138. The van der Waals surface area contributed by atoms with Crippen LogP contribution in [0.15, 0.2) is 65.8 Å². The van der Waals surface area contributed by atoms with Crippen molar-refractivity contribution in [2.24, 2.45) is 0 Å². The lowest BCUT2D eigenvalue weighted by Gasteiger charge is -2.28. The topological polar surface area (TPSA) is 139 Å². The number of carbonyl (C=O) groups is 3. The summed E-state index contributed by atoms with van der Waals surface area (Å²) in [5.74, 6) is -0.712. The molecule has 38 heavy (non-hydrogen) atoms. The number of nitrogens with one attached hydrogen (secondary N) is 1. The summed E-state index contributed by atoms with van der Waals surface area (Å²) in [5.41, 5.74) is 0.660. The summed E-state index contributed by atoms with van der Waals surface area (Å²) in [6.45, 7) is 1.74. The number of ether oxygens (including phenoxy) is 1. The van der Waals surface area contributed by atoms with Crippen molar-refractivity contribution in [3.05, 3.63) is 60.9 Å². The zero-order valence-electron chi connectivity index (χ0n) is 20.7. The van der Waals surface area contributed by atoms with Crippen molar-refractivity contribution in [1.82, 2.24) is 24.5 Å². The van der Waals surface area contributed by atoms with Gasteiger partial charge < -0.3 is 15.0 Å². The first-order valence-corrected chi connectivity index (χ1v) is 13.8. The number of hydrogen-bond donors (Lipinski definition) is 1. The number of Topliss-reactive ketones (excluding diaryl/α,β-unsaturated/α-hetero) is 1. The van der Waals surface area contributed by atoms with Crippen molar-refractivity contribution in [3.63, 3.8) is 0 Å². The fraction of sp³-hybridized carbons (Fsp3) is 0.346. The molecule has 2 saturated heterocycles. The molecule has 0 spiro atoms. The van der Waals surface area contributed by atoms with Gasteiger partial charge in [0.25, 0.3) is 0 Å². The Labute approximate surface area is 219 Å². The minimum atomic E-state index is -3.96. The number of sulfonamides is 1. The molecular weight excluding hydrogens is 510 g/mol. The van der Waals surface area contributed by atoms with Crippen molar-refractivity contribution in [3.8, 4) is 5.88 Å². The molecule has 3 unspecified atom stereocenters. The Bertz CT molecular complexity index is 1480. The highest BCUT2D eigenvalue weighted by Crippen LogP contribution is 2.34. The third-order valence-corrected chi connectivity index (χ3v) is 8.69. The third kappa shape index (κ3) is 4.84. The molecule has 3 atom stereocenters. The molecule has 198 valence electrons. The maximum absolute atomic E-state index is 13.5. The third-order valence-electron chi connectivity index (χ3n) is 6.84. The number of amides is 2. The molecule has 2 aliphatic rings. The number of para-hydroxylation sites is 1. The van der Waals surface area contributed by atoms with Crippen LogP contribution in [-0.4, -0.2) is 76.6 Å². The fourth-order valence-electron chi connectivity index (χ4n) is 5.09. The molecular formula is C26H27N5O6S. The molecule has 2 aromatic heterocycles. The van der Waals surface area contributed by atoms with Crippen LogP contribution in [0.3, 0.4) is 0 Å². The minimum absolute atomic E-state index is 0.00574. The monoisotopic (exact) mass is 537 g/mol. The van der Waals surface area contributed by atoms with Crippen LogP contribution >= 0.6 is 0 Å². The van der Waals surface area contributed by atoms with Crippen molar-refractivity contribution < 1.29 is 27.5 Å². The minimum Gasteiger partial charge on any atom is -0.391 e. The Morgan fingerprint density at radius 2 is 1.97 bits per heavy atom. The van der Waals surface area contributed by atoms with Crippen molar-refractivity contribution >= 4 is 38.7 Å². The highest BCUT2D eigenvalue weighted by Gasteiger charge is 2.54. The van der Waals surface area contributed by atoms with Crippen LogP contribution in [0.2, 0.25) is 0 Å². The molecule has 11 nitrogen and oxygen atoms in total. The van der Waals surface area contributed by atoms with Crippen LogP contribution in [0.4, 0.5) is 4.79 Å². The molecule has 4 heterocycles. The van der Waals surface area contributed by atoms with E-state index in [1.807, 2.05) is 25.1 Å². The quantitative estimate of drug-likeness (QED) is 0.484. The van der Waals surface area contributed by atoms with Crippen LogP contribution in [0, 0.1) is 0 Å². The number of aromatic nitrogens is 2. The van der Waals surface area contributed by atoms with Gasteiger partial charge in [0.2, 0.25) is 21.8 Å². The maximum Gasteiger partial charge on any atom is 0.414 e. The molecule has 1 N–H and O–H groups in total. The van der Waals surface area contributed by atoms with Crippen molar-refractivity contribution in [2.45, 2.75) is 49.2 Å². The second-order valence-electron chi connectivity index (χ2n) is 9.26. The number of ketones is 1. The molecule has 12 heteroatoms. The largest absolute Gasteiger partial charge is 0.414 e. The molecule has 2 fully saturated rings. The summed E-state index contributed by atoms with van der Waals surface area (Å²) in [6, 6.07) is 11.1. The number of nitrogens with zero attached hydrogens (tertiary/aromatic N) is 4. The van der Waals surface area contributed by atoms with Gasteiger partial charge in [-0.25, -0.2) is 18.2 Å². The number of fused-ring (bicyclic) bond motifs is 2. The Kier molecular flexibility index (Phi) is 7.09. The van der Waals surface area contributed by atoms with E-state index in [-0.39, 0.29) is 29.6 Å². The lowest BCUT2D eigenvalue weighted by atomic mass is 10.1. The Morgan fingerprint density at radius 1 is 1.16 bits per heavy atom. The lowest BCUT2D eigenvalue weighted by Crippen LogP contribution is -2.53. The maximum atomic E-state index is 13.5. The smallest absolute Gasteiger partial charge is 0.391 e. The summed E-state index contributed by atoms with van der Waals surface area (Å²) < 4.78 is 32.9. The number of hydrogen-bond acceptors (Lipinski definition) is 8. The summed E-state index contributed by atoms with van der Waals surface area (Å²) >= 11 is 0.